The van der Waals surface area contributed by atoms with Gasteiger partial charge in [0.05, 0.1) is 6.10 Å². The lowest BCUT2D eigenvalue weighted by atomic mass is 9.97. The lowest BCUT2D eigenvalue weighted by Gasteiger charge is -2.32. The maximum Gasteiger partial charge on any atom is 0.119 e. The fourth-order valence-corrected chi connectivity index (χ4v) is 2.95. The second kappa shape index (κ2) is 7.65. The molecule has 1 aromatic carbocycles. The van der Waals surface area contributed by atoms with Crippen LogP contribution >= 0.6 is 0 Å². The maximum absolute atomic E-state index is 5.69. The molecule has 0 radical (unpaired) electrons. The van der Waals surface area contributed by atoms with Crippen molar-refractivity contribution in [3.8, 4) is 5.75 Å². The third-order valence-corrected chi connectivity index (χ3v) is 3.80. The van der Waals surface area contributed by atoms with Crippen LogP contribution < -0.4 is 10.1 Å². The second-order valence-corrected chi connectivity index (χ2v) is 6.11. The standard InChI is InChI=1S/C17H28N2O/c1-14(2)20-17-8-6-15(7-9-17)12-19-10-4-5-16(13-19)11-18-3/h6-9,14,16,18H,4-5,10-13H2,1-3H3. The van der Waals surface area contributed by atoms with Crippen molar-refractivity contribution in [1.82, 2.24) is 10.2 Å². The Morgan fingerprint density at radius 1 is 1.30 bits per heavy atom. The molecule has 1 N–H and O–H groups in total. The fraction of sp³-hybridized carbons (Fsp3) is 0.647. The number of rotatable bonds is 6. The van der Waals surface area contributed by atoms with E-state index in [1.807, 2.05) is 7.05 Å². The number of piperidine rings is 1. The van der Waals surface area contributed by atoms with Gasteiger partial charge in [-0.3, -0.25) is 4.90 Å². The molecule has 3 nitrogen and oxygen atoms in total. The SMILES string of the molecule is CNCC1CCCN(Cc2ccc(OC(C)C)cc2)C1. The molecule has 0 saturated carbocycles. The number of hydrogen-bond acceptors (Lipinski definition) is 3. The van der Waals surface area contributed by atoms with E-state index in [-0.39, 0.29) is 6.10 Å². The van der Waals surface area contributed by atoms with E-state index in [1.165, 1.54) is 31.5 Å². The average molecular weight is 276 g/mol. The summed E-state index contributed by atoms with van der Waals surface area (Å²) in [4.78, 5) is 2.57. The zero-order valence-corrected chi connectivity index (χ0v) is 13.1. The van der Waals surface area contributed by atoms with Gasteiger partial charge >= 0.3 is 0 Å². The summed E-state index contributed by atoms with van der Waals surface area (Å²) in [5.74, 6) is 1.77. The van der Waals surface area contributed by atoms with Gasteiger partial charge in [-0.15, -0.1) is 0 Å². The Hall–Kier alpha value is -1.06. The Kier molecular flexibility index (Phi) is 5.86. The van der Waals surface area contributed by atoms with Crippen molar-refractivity contribution >= 4 is 0 Å². The molecule has 1 atom stereocenters. The molecule has 1 aliphatic heterocycles. The van der Waals surface area contributed by atoms with Gasteiger partial charge in [0, 0.05) is 13.1 Å². The van der Waals surface area contributed by atoms with Gasteiger partial charge in [0.2, 0.25) is 0 Å². The van der Waals surface area contributed by atoms with E-state index < -0.39 is 0 Å². The van der Waals surface area contributed by atoms with Crippen molar-refractivity contribution < 1.29 is 4.74 Å². The largest absolute Gasteiger partial charge is 0.491 e. The Bertz CT molecular complexity index is 386. The summed E-state index contributed by atoms with van der Waals surface area (Å²) >= 11 is 0. The number of benzene rings is 1. The number of nitrogens with zero attached hydrogens (tertiary/aromatic N) is 1. The topological polar surface area (TPSA) is 24.5 Å². The van der Waals surface area contributed by atoms with Crippen LogP contribution in [0.2, 0.25) is 0 Å². The smallest absolute Gasteiger partial charge is 0.119 e. The van der Waals surface area contributed by atoms with Gasteiger partial charge in [-0.25, -0.2) is 0 Å². The lowest BCUT2D eigenvalue weighted by molar-refractivity contribution is 0.166. The van der Waals surface area contributed by atoms with Crippen LogP contribution in [0.25, 0.3) is 0 Å². The zero-order valence-electron chi connectivity index (χ0n) is 13.1. The highest BCUT2D eigenvalue weighted by molar-refractivity contribution is 5.27. The molecule has 1 aromatic rings. The normalized spacial score (nSPS) is 20.3. The monoisotopic (exact) mass is 276 g/mol. The van der Waals surface area contributed by atoms with Gasteiger partial charge in [0.25, 0.3) is 0 Å². The van der Waals surface area contributed by atoms with Crippen LogP contribution in [0.5, 0.6) is 5.75 Å². The van der Waals surface area contributed by atoms with E-state index in [2.05, 4.69) is 48.3 Å². The summed E-state index contributed by atoms with van der Waals surface area (Å²) in [5.41, 5.74) is 1.38. The summed E-state index contributed by atoms with van der Waals surface area (Å²) in [6.07, 6.45) is 2.92. The van der Waals surface area contributed by atoms with Crippen LogP contribution in [0.15, 0.2) is 24.3 Å². The molecule has 20 heavy (non-hydrogen) atoms. The van der Waals surface area contributed by atoms with Crippen LogP contribution in [-0.2, 0) is 6.54 Å². The van der Waals surface area contributed by atoms with Crippen LogP contribution in [0, 0.1) is 5.92 Å². The molecule has 1 heterocycles. The van der Waals surface area contributed by atoms with Gasteiger partial charge < -0.3 is 10.1 Å². The average Bonchev–Trinajstić information content (AvgIpc) is 2.41. The van der Waals surface area contributed by atoms with Crippen molar-refractivity contribution in [3.05, 3.63) is 29.8 Å². The molecule has 1 saturated heterocycles. The van der Waals surface area contributed by atoms with Gasteiger partial charge in [-0.1, -0.05) is 12.1 Å². The first-order valence-electron chi connectivity index (χ1n) is 7.80. The number of hydrogen-bond donors (Lipinski definition) is 1. The minimum absolute atomic E-state index is 0.241. The first-order valence-corrected chi connectivity index (χ1v) is 7.80. The van der Waals surface area contributed by atoms with Crippen LogP contribution in [0.1, 0.15) is 32.3 Å². The van der Waals surface area contributed by atoms with E-state index in [0.717, 1.165) is 24.8 Å². The Balaban J connectivity index is 1.86. The van der Waals surface area contributed by atoms with Gasteiger partial charge in [0.15, 0.2) is 0 Å². The highest BCUT2D eigenvalue weighted by Crippen LogP contribution is 2.19. The fourth-order valence-electron chi connectivity index (χ4n) is 2.95. The third kappa shape index (κ3) is 4.80. The third-order valence-electron chi connectivity index (χ3n) is 3.80. The number of ether oxygens (including phenoxy) is 1. The van der Waals surface area contributed by atoms with Crippen LogP contribution in [0.3, 0.4) is 0 Å². The summed E-state index contributed by atoms with van der Waals surface area (Å²) in [6, 6.07) is 8.56. The maximum atomic E-state index is 5.69. The summed E-state index contributed by atoms with van der Waals surface area (Å²) < 4.78 is 5.69. The first kappa shape index (κ1) is 15.3. The Morgan fingerprint density at radius 3 is 2.70 bits per heavy atom. The van der Waals surface area contributed by atoms with E-state index in [4.69, 9.17) is 4.74 Å². The molecule has 1 unspecified atom stereocenters. The zero-order chi connectivity index (χ0) is 14.4. The van der Waals surface area contributed by atoms with Gasteiger partial charge in [-0.2, -0.15) is 0 Å². The minimum atomic E-state index is 0.241. The molecule has 0 bridgehead atoms. The second-order valence-electron chi connectivity index (χ2n) is 6.11. The molecule has 0 spiro atoms. The molecule has 1 fully saturated rings. The van der Waals surface area contributed by atoms with E-state index >= 15 is 0 Å². The molecule has 112 valence electrons. The molecule has 1 aliphatic rings. The van der Waals surface area contributed by atoms with Crippen molar-refractivity contribution in [2.24, 2.45) is 5.92 Å². The van der Waals surface area contributed by atoms with Gasteiger partial charge in [0.1, 0.15) is 5.75 Å². The van der Waals surface area contributed by atoms with Crippen molar-refractivity contribution in [2.45, 2.75) is 39.3 Å². The predicted molar refractivity (Wildman–Crippen MR) is 84.1 cm³/mol. The summed E-state index contributed by atoms with van der Waals surface area (Å²) in [7, 11) is 2.05. The lowest BCUT2D eigenvalue weighted by Crippen LogP contribution is -2.38. The number of likely N-dealkylation sites (tertiary alicyclic amines) is 1. The number of nitrogens with one attached hydrogen (secondary N) is 1. The summed E-state index contributed by atoms with van der Waals surface area (Å²) in [5, 5.41) is 3.30. The van der Waals surface area contributed by atoms with E-state index in [9.17, 15) is 0 Å². The highest BCUT2D eigenvalue weighted by Gasteiger charge is 2.19. The van der Waals surface area contributed by atoms with Gasteiger partial charge in [-0.05, 0) is 70.4 Å². The Morgan fingerprint density at radius 2 is 2.05 bits per heavy atom. The molecule has 0 aliphatic carbocycles. The molecule has 2 rings (SSSR count). The molecule has 0 amide bonds. The van der Waals surface area contributed by atoms with Crippen molar-refractivity contribution in [3.63, 3.8) is 0 Å². The summed E-state index contributed by atoms with van der Waals surface area (Å²) in [6.45, 7) is 8.75. The van der Waals surface area contributed by atoms with Crippen LogP contribution in [0.4, 0.5) is 0 Å². The highest BCUT2D eigenvalue weighted by atomic mass is 16.5. The molecular formula is C17H28N2O. The first-order chi connectivity index (χ1) is 9.67. The quantitative estimate of drug-likeness (QED) is 0.864. The van der Waals surface area contributed by atoms with E-state index in [0.29, 0.717) is 0 Å². The Labute approximate surface area is 123 Å². The van der Waals surface area contributed by atoms with E-state index in [1.54, 1.807) is 0 Å². The molecule has 3 heteroatoms. The molecular weight excluding hydrogens is 248 g/mol. The van der Waals surface area contributed by atoms with Crippen molar-refractivity contribution in [2.75, 3.05) is 26.7 Å². The van der Waals surface area contributed by atoms with Crippen LogP contribution in [-0.4, -0.2) is 37.7 Å². The van der Waals surface area contributed by atoms with Crippen molar-refractivity contribution in [1.29, 1.82) is 0 Å². The molecule has 0 aromatic heterocycles. The minimum Gasteiger partial charge on any atom is -0.491 e. The predicted octanol–water partition coefficient (Wildman–Crippen LogP) is 2.91.